The highest BCUT2D eigenvalue weighted by Crippen LogP contribution is 2.56. The van der Waals surface area contributed by atoms with Crippen LogP contribution in [0.3, 0.4) is 0 Å². The monoisotopic (exact) mass is 412 g/mol. The first-order chi connectivity index (χ1) is 12.5. The number of rotatable bonds is 2. The Labute approximate surface area is 160 Å². The van der Waals surface area contributed by atoms with E-state index in [1.807, 2.05) is 6.92 Å². The molecule has 4 N–H and O–H groups in total. The Balaban J connectivity index is 0.000000168. The summed E-state index contributed by atoms with van der Waals surface area (Å²) < 4.78 is 29.4. The summed E-state index contributed by atoms with van der Waals surface area (Å²) in [5.41, 5.74) is 6.72. The molecule has 1 aromatic carbocycles. The molecule has 0 bridgehead atoms. The van der Waals surface area contributed by atoms with Gasteiger partial charge in [-0.05, 0) is 32.9 Å². The Morgan fingerprint density at radius 2 is 1.93 bits per heavy atom. The minimum Gasteiger partial charge on any atom is -0.317 e. The molecule has 3 atom stereocenters. The van der Waals surface area contributed by atoms with Crippen LogP contribution in [0.25, 0.3) is 0 Å². The number of benzene rings is 1. The molecule has 1 aromatic heterocycles. The first-order valence-electron chi connectivity index (χ1n) is 8.05. The van der Waals surface area contributed by atoms with Crippen LogP contribution >= 0.6 is 11.8 Å². The third-order valence-electron chi connectivity index (χ3n) is 4.41. The first-order valence-corrected chi connectivity index (χ1v) is 10.4. The number of aromatic nitrogens is 4. The van der Waals surface area contributed by atoms with Crippen molar-refractivity contribution in [2.75, 3.05) is 0 Å². The number of aromatic amines is 1. The minimum absolute atomic E-state index is 0.0297. The zero-order valence-electron chi connectivity index (χ0n) is 14.9. The molecule has 2 aromatic rings. The highest BCUT2D eigenvalue weighted by Gasteiger charge is 2.61. The molecule has 2 aliphatic heterocycles. The van der Waals surface area contributed by atoms with E-state index in [0.29, 0.717) is 5.82 Å². The summed E-state index contributed by atoms with van der Waals surface area (Å²) in [5.74, 6) is 0.526. The Bertz CT molecular complexity index is 930. The number of fused-ring (bicyclic) bond motifs is 1. The average molecular weight is 412 g/mol. The van der Waals surface area contributed by atoms with Crippen LogP contribution in [0.5, 0.6) is 0 Å². The number of carbonyl (C=O) groups excluding carboxylic acids is 1. The molecule has 27 heavy (non-hydrogen) atoms. The summed E-state index contributed by atoms with van der Waals surface area (Å²) in [6.07, 6.45) is 0. The highest BCUT2D eigenvalue weighted by molar-refractivity contribution is 8.01. The lowest BCUT2D eigenvalue weighted by Gasteiger charge is -2.41. The van der Waals surface area contributed by atoms with Gasteiger partial charge < -0.3 is 10.6 Å². The third kappa shape index (κ3) is 3.70. The molecule has 1 amide bonds. The summed E-state index contributed by atoms with van der Waals surface area (Å²) in [6, 6.07) is 5.45. The van der Waals surface area contributed by atoms with Gasteiger partial charge in [-0.25, -0.2) is 0 Å². The van der Waals surface area contributed by atoms with Crippen LogP contribution in [0.1, 0.15) is 31.3 Å². The van der Waals surface area contributed by atoms with Gasteiger partial charge in [0.2, 0.25) is 5.91 Å². The molecule has 10 nitrogen and oxygen atoms in total. The minimum atomic E-state index is -4.02. The molecule has 12 heteroatoms. The lowest BCUT2D eigenvalue weighted by atomic mass is 9.96. The van der Waals surface area contributed by atoms with Crippen LogP contribution in [-0.2, 0) is 14.9 Å². The van der Waals surface area contributed by atoms with Crippen molar-refractivity contribution in [3.8, 4) is 0 Å². The lowest BCUT2D eigenvalue weighted by Crippen LogP contribution is -2.65. The van der Waals surface area contributed by atoms with Crippen LogP contribution in [0.4, 0.5) is 0 Å². The summed E-state index contributed by atoms with van der Waals surface area (Å²) in [4.78, 5) is 13.4. The van der Waals surface area contributed by atoms with Gasteiger partial charge in [-0.15, -0.1) is 22.0 Å². The Morgan fingerprint density at radius 3 is 2.44 bits per heavy atom. The number of β-lactam (4-membered cyclic amide) rings is 1. The third-order valence-corrected chi connectivity index (χ3v) is 6.87. The van der Waals surface area contributed by atoms with E-state index in [9.17, 15) is 13.2 Å². The second-order valence-electron chi connectivity index (χ2n) is 6.84. The SMILES string of the molecule is CC1(C)S[C@H]2C(N)C(=O)N2C1c1nn[nH]n1.Cc1ccc(S(=O)(=O)O)cc1. The van der Waals surface area contributed by atoms with Gasteiger partial charge >= 0.3 is 0 Å². The maximum absolute atomic E-state index is 11.7. The van der Waals surface area contributed by atoms with Crippen molar-refractivity contribution in [1.82, 2.24) is 25.5 Å². The number of tetrazole rings is 1. The number of thioether (sulfide) groups is 1. The van der Waals surface area contributed by atoms with Crippen LogP contribution in [0.2, 0.25) is 0 Å². The van der Waals surface area contributed by atoms with Gasteiger partial charge in [-0.2, -0.15) is 13.6 Å². The fourth-order valence-electron chi connectivity index (χ4n) is 3.06. The second kappa shape index (κ2) is 6.86. The quantitative estimate of drug-likeness (QED) is 0.472. The average Bonchev–Trinajstić information content (AvgIpc) is 3.18. The molecule has 0 radical (unpaired) electrons. The van der Waals surface area contributed by atoms with E-state index < -0.39 is 10.1 Å². The number of nitrogens with two attached hydrogens (primary N) is 1. The first kappa shape index (κ1) is 19.7. The highest BCUT2D eigenvalue weighted by atomic mass is 32.2. The molecule has 0 saturated carbocycles. The van der Waals surface area contributed by atoms with E-state index in [1.165, 1.54) is 12.1 Å². The van der Waals surface area contributed by atoms with Gasteiger partial charge in [-0.1, -0.05) is 22.9 Å². The van der Waals surface area contributed by atoms with E-state index in [1.54, 1.807) is 28.8 Å². The Hall–Kier alpha value is -2.02. The molecule has 4 rings (SSSR count). The fraction of sp³-hybridized carbons (Fsp3) is 0.467. The number of hydrogen-bond donors (Lipinski definition) is 3. The number of aryl methyl sites for hydroxylation is 1. The molecule has 0 aliphatic carbocycles. The smallest absolute Gasteiger partial charge is 0.294 e. The number of nitrogens with one attached hydrogen (secondary N) is 1. The molecule has 0 spiro atoms. The molecule has 2 saturated heterocycles. The van der Waals surface area contributed by atoms with Crippen molar-refractivity contribution in [3.05, 3.63) is 35.7 Å². The predicted molar refractivity (Wildman–Crippen MR) is 98.2 cm³/mol. The van der Waals surface area contributed by atoms with Crippen molar-refractivity contribution in [3.63, 3.8) is 0 Å². The standard InChI is InChI=1S/C8H12N6OS.C7H8O3S/c1-8(2)4(5-10-12-13-11-5)14-6(15)3(9)7(14)16-8;1-6-2-4-7(5-3-6)11(8,9)10/h3-4,7H,9H2,1-2H3,(H,10,11,12,13);2-5H,1H3,(H,8,9,10)/t3?,4?,7-;/m0./s1. The van der Waals surface area contributed by atoms with Crippen LogP contribution in [0.15, 0.2) is 29.2 Å². The number of amides is 1. The van der Waals surface area contributed by atoms with Gasteiger partial charge in [0.05, 0.1) is 4.90 Å². The zero-order chi connectivity index (χ0) is 20.0. The fourth-order valence-corrected chi connectivity index (χ4v) is 5.11. The molecular weight excluding hydrogens is 392 g/mol. The van der Waals surface area contributed by atoms with Crippen molar-refractivity contribution in [1.29, 1.82) is 0 Å². The Morgan fingerprint density at radius 1 is 1.30 bits per heavy atom. The van der Waals surface area contributed by atoms with Crippen molar-refractivity contribution in [2.45, 2.75) is 47.9 Å². The van der Waals surface area contributed by atoms with E-state index in [-0.39, 0.29) is 33.0 Å². The second-order valence-corrected chi connectivity index (χ2v) is 10.0. The molecule has 3 heterocycles. The molecule has 2 fully saturated rings. The number of hydrogen-bond acceptors (Lipinski definition) is 8. The summed E-state index contributed by atoms with van der Waals surface area (Å²) in [5, 5.41) is 14.0. The van der Waals surface area contributed by atoms with E-state index in [4.69, 9.17) is 10.3 Å². The molecule has 2 aliphatic rings. The van der Waals surface area contributed by atoms with Gasteiger partial charge in [0.1, 0.15) is 17.5 Å². The van der Waals surface area contributed by atoms with E-state index in [0.717, 1.165) is 5.56 Å². The number of carbonyl (C=O) groups is 1. The maximum atomic E-state index is 11.7. The van der Waals surface area contributed by atoms with Crippen molar-refractivity contribution < 1.29 is 17.8 Å². The van der Waals surface area contributed by atoms with Crippen LogP contribution in [-0.4, -0.2) is 60.6 Å². The summed E-state index contributed by atoms with van der Waals surface area (Å²) in [7, 11) is -4.02. The van der Waals surface area contributed by atoms with Gasteiger partial charge in [0.15, 0.2) is 5.82 Å². The number of nitrogens with zero attached hydrogens (tertiary/aromatic N) is 4. The summed E-state index contributed by atoms with van der Waals surface area (Å²) in [6.45, 7) is 5.97. The molecular formula is C15H20N6O4S2. The van der Waals surface area contributed by atoms with Crippen molar-refractivity contribution in [2.24, 2.45) is 5.73 Å². The maximum Gasteiger partial charge on any atom is 0.294 e. The molecule has 2 unspecified atom stereocenters. The largest absolute Gasteiger partial charge is 0.317 e. The predicted octanol–water partition coefficient (Wildman–Crippen LogP) is 0.504. The van der Waals surface area contributed by atoms with Crippen LogP contribution < -0.4 is 5.73 Å². The van der Waals surface area contributed by atoms with Crippen LogP contribution in [0, 0.1) is 6.92 Å². The Kier molecular flexibility index (Phi) is 5.01. The number of H-pyrrole nitrogens is 1. The van der Waals surface area contributed by atoms with Gasteiger partial charge in [0.25, 0.3) is 10.1 Å². The molecule has 146 valence electrons. The van der Waals surface area contributed by atoms with Crippen molar-refractivity contribution >= 4 is 27.8 Å². The van der Waals surface area contributed by atoms with E-state index in [2.05, 4.69) is 34.5 Å². The van der Waals surface area contributed by atoms with E-state index >= 15 is 0 Å². The lowest BCUT2D eigenvalue weighted by molar-refractivity contribution is -0.147. The topological polar surface area (TPSA) is 155 Å². The zero-order valence-corrected chi connectivity index (χ0v) is 16.5. The normalized spacial score (nSPS) is 26.0. The van der Waals surface area contributed by atoms with Gasteiger partial charge in [-0.3, -0.25) is 9.35 Å². The van der Waals surface area contributed by atoms with Gasteiger partial charge in [0, 0.05) is 4.75 Å². The summed E-state index contributed by atoms with van der Waals surface area (Å²) >= 11 is 1.69.